The van der Waals surface area contributed by atoms with Crippen LogP contribution >= 0.6 is 0 Å². The quantitative estimate of drug-likeness (QED) is 0.631. The minimum absolute atomic E-state index is 0. The predicted molar refractivity (Wildman–Crippen MR) is 59.1 cm³/mol. The maximum Gasteiger partial charge on any atom is 0.199 e. The van der Waals surface area contributed by atoms with E-state index in [0.29, 0.717) is 0 Å². The van der Waals surface area contributed by atoms with Crippen LogP contribution in [0.15, 0.2) is 18.3 Å². The molecular weight excluding hydrogens is 252 g/mol. The number of likely N-dealkylation sites (N-methyl/N-ethyl adjacent to an activating group) is 1. The molecule has 2 rings (SSSR count). The Morgan fingerprint density at radius 1 is 1.40 bits per heavy atom. The number of aromatic nitrogens is 1. The van der Waals surface area contributed by atoms with E-state index in [-0.39, 0.29) is 17.0 Å². The van der Waals surface area contributed by atoms with Gasteiger partial charge in [-0.15, -0.1) is 0 Å². The lowest BCUT2D eigenvalue weighted by Gasteiger charge is -2.17. The van der Waals surface area contributed by atoms with Crippen molar-refractivity contribution >= 4 is 5.71 Å². The summed E-state index contributed by atoms with van der Waals surface area (Å²) in [6.45, 7) is 7.95. The molecule has 2 nitrogen and oxygen atoms in total. The normalized spacial score (nSPS) is 14.8. The van der Waals surface area contributed by atoms with E-state index in [9.17, 15) is 0 Å². The summed E-state index contributed by atoms with van der Waals surface area (Å²) in [7, 11) is 0. The van der Waals surface area contributed by atoms with Gasteiger partial charge in [0.2, 0.25) is 0 Å². The van der Waals surface area contributed by atoms with Gasteiger partial charge >= 0.3 is 0 Å². The zero-order chi connectivity index (χ0) is 9.97. The van der Waals surface area contributed by atoms with E-state index in [0.717, 1.165) is 13.1 Å². The third kappa shape index (κ3) is 2.33. The van der Waals surface area contributed by atoms with Crippen LogP contribution in [-0.2, 0) is 6.54 Å². The van der Waals surface area contributed by atoms with Gasteiger partial charge in [0.1, 0.15) is 12.2 Å². The van der Waals surface area contributed by atoms with E-state index in [1.54, 1.807) is 0 Å². The molecular formula is C12H19BrN2. The summed E-state index contributed by atoms with van der Waals surface area (Å²) in [6.07, 6.45) is 4.63. The third-order valence-electron chi connectivity index (χ3n) is 2.99. The van der Waals surface area contributed by atoms with E-state index in [4.69, 9.17) is 0 Å². The molecule has 2 heterocycles. The zero-order valence-corrected chi connectivity index (χ0v) is 11.1. The lowest BCUT2D eigenvalue weighted by Crippen LogP contribution is -3.00. The van der Waals surface area contributed by atoms with Gasteiger partial charge in [-0.25, -0.2) is 4.58 Å². The molecule has 0 atom stereocenters. The van der Waals surface area contributed by atoms with E-state index in [1.807, 2.05) is 0 Å². The highest BCUT2D eigenvalue weighted by Crippen LogP contribution is 2.12. The molecule has 0 fully saturated rings. The van der Waals surface area contributed by atoms with Gasteiger partial charge in [-0.2, -0.15) is 0 Å². The van der Waals surface area contributed by atoms with Crippen LogP contribution in [0.2, 0.25) is 0 Å². The molecule has 1 aromatic rings. The fourth-order valence-corrected chi connectivity index (χ4v) is 2.27. The molecule has 15 heavy (non-hydrogen) atoms. The summed E-state index contributed by atoms with van der Waals surface area (Å²) in [5, 5.41) is 0. The number of hydrogen-bond acceptors (Lipinski definition) is 0. The number of nitrogens with zero attached hydrogens (tertiary/aromatic N) is 2. The molecule has 1 aromatic heterocycles. The van der Waals surface area contributed by atoms with Crippen LogP contribution in [0.3, 0.4) is 0 Å². The van der Waals surface area contributed by atoms with Gasteiger partial charge in [0.25, 0.3) is 0 Å². The zero-order valence-electron chi connectivity index (χ0n) is 9.54. The average Bonchev–Trinajstić information content (AvgIpc) is 2.67. The number of halogens is 1. The molecule has 0 radical (unpaired) electrons. The van der Waals surface area contributed by atoms with Gasteiger partial charge in [0.15, 0.2) is 12.3 Å². The lowest BCUT2D eigenvalue weighted by atomic mass is 10.1. The first-order chi connectivity index (χ1) is 6.86. The van der Waals surface area contributed by atoms with Crippen LogP contribution < -0.4 is 17.0 Å². The largest absolute Gasteiger partial charge is 1.00 e. The topological polar surface area (TPSA) is 7.94 Å². The van der Waals surface area contributed by atoms with Crippen molar-refractivity contribution in [3.05, 3.63) is 24.0 Å². The highest BCUT2D eigenvalue weighted by Gasteiger charge is 2.22. The summed E-state index contributed by atoms with van der Waals surface area (Å²) >= 11 is 0. The van der Waals surface area contributed by atoms with Gasteiger partial charge in [0, 0.05) is 12.6 Å². The van der Waals surface area contributed by atoms with E-state index >= 15 is 0 Å². The van der Waals surface area contributed by atoms with E-state index < -0.39 is 0 Å². The second kappa shape index (κ2) is 5.50. The van der Waals surface area contributed by atoms with Crippen molar-refractivity contribution in [2.75, 3.05) is 13.1 Å². The Bertz CT molecular complexity index is 352. The fourth-order valence-electron chi connectivity index (χ4n) is 2.27. The van der Waals surface area contributed by atoms with Crippen molar-refractivity contribution in [2.45, 2.75) is 33.2 Å². The monoisotopic (exact) mass is 270 g/mol. The molecule has 0 aromatic carbocycles. The highest BCUT2D eigenvalue weighted by molar-refractivity contribution is 5.95. The van der Waals surface area contributed by atoms with Gasteiger partial charge in [-0.05, 0) is 25.5 Å². The fraction of sp³-hybridized carbons (Fsp3) is 0.583. The lowest BCUT2D eigenvalue weighted by molar-refractivity contribution is -0.529. The molecule has 0 spiro atoms. The minimum atomic E-state index is 0. The maximum absolute atomic E-state index is 2.51. The molecule has 0 unspecified atom stereocenters. The Balaban J connectivity index is 0.00000112. The molecule has 0 amide bonds. The Morgan fingerprint density at radius 2 is 2.20 bits per heavy atom. The Kier molecular flexibility index (Phi) is 4.58. The van der Waals surface area contributed by atoms with Gasteiger partial charge in [-0.3, -0.25) is 0 Å². The minimum Gasteiger partial charge on any atom is -1.00 e. The van der Waals surface area contributed by atoms with Crippen molar-refractivity contribution in [2.24, 2.45) is 0 Å². The van der Waals surface area contributed by atoms with Crippen molar-refractivity contribution < 1.29 is 21.6 Å². The second-order valence-corrected chi connectivity index (χ2v) is 3.86. The summed E-state index contributed by atoms with van der Waals surface area (Å²) in [6, 6.07) is 4.40. The van der Waals surface area contributed by atoms with E-state index in [1.165, 1.54) is 30.8 Å². The summed E-state index contributed by atoms with van der Waals surface area (Å²) in [4.78, 5) is 0. The Labute approximate surface area is 102 Å². The number of hydrogen-bond donors (Lipinski definition) is 0. The SMILES string of the molecule is CCCC1=[N+](CC)CCn2cccc21.[Br-]. The first-order valence-corrected chi connectivity index (χ1v) is 5.63. The van der Waals surface area contributed by atoms with E-state index in [2.05, 4.69) is 41.3 Å². The van der Waals surface area contributed by atoms with Crippen LogP contribution in [0.4, 0.5) is 0 Å². The van der Waals surface area contributed by atoms with Crippen molar-refractivity contribution in [3.8, 4) is 0 Å². The highest BCUT2D eigenvalue weighted by atomic mass is 79.9. The molecule has 84 valence electrons. The standard InChI is InChI=1S/C12H19N2.BrH/c1-3-6-11-12-7-5-8-14(12)10-9-13(11)4-2;/h5,7-8H,3-4,6,9-10H2,1-2H3;1H/q+1;/p-1. The molecule has 0 bridgehead atoms. The molecule has 1 aliphatic rings. The predicted octanol–water partition coefficient (Wildman–Crippen LogP) is -0.873. The molecule has 0 aliphatic carbocycles. The smallest absolute Gasteiger partial charge is 0.199 e. The number of rotatable bonds is 3. The molecule has 0 saturated carbocycles. The van der Waals surface area contributed by atoms with Gasteiger partial charge < -0.3 is 21.5 Å². The van der Waals surface area contributed by atoms with Crippen molar-refractivity contribution in [1.82, 2.24) is 4.57 Å². The molecule has 0 saturated heterocycles. The first-order valence-electron chi connectivity index (χ1n) is 5.63. The first kappa shape index (κ1) is 12.5. The Morgan fingerprint density at radius 3 is 2.87 bits per heavy atom. The summed E-state index contributed by atoms with van der Waals surface area (Å²) in [5.74, 6) is 0. The molecule has 0 N–H and O–H groups in total. The summed E-state index contributed by atoms with van der Waals surface area (Å²) in [5.41, 5.74) is 2.96. The maximum atomic E-state index is 2.51. The van der Waals surface area contributed by atoms with Crippen molar-refractivity contribution in [1.29, 1.82) is 0 Å². The molecule has 1 aliphatic heterocycles. The van der Waals surface area contributed by atoms with Crippen LogP contribution in [0.25, 0.3) is 0 Å². The third-order valence-corrected chi connectivity index (χ3v) is 2.99. The second-order valence-electron chi connectivity index (χ2n) is 3.86. The van der Waals surface area contributed by atoms with Crippen molar-refractivity contribution in [3.63, 3.8) is 0 Å². The average molecular weight is 271 g/mol. The van der Waals surface area contributed by atoms with Crippen LogP contribution in [-0.4, -0.2) is 27.9 Å². The van der Waals surface area contributed by atoms with Crippen LogP contribution in [0, 0.1) is 0 Å². The van der Waals surface area contributed by atoms with Gasteiger partial charge in [-0.1, -0.05) is 6.92 Å². The van der Waals surface area contributed by atoms with Crippen LogP contribution in [0.5, 0.6) is 0 Å². The number of fused-ring (bicyclic) bond motifs is 1. The summed E-state index contributed by atoms with van der Waals surface area (Å²) < 4.78 is 4.88. The Hall–Kier alpha value is -0.570. The molecule has 3 heteroatoms. The van der Waals surface area contributed by atoms with Gasteiger partial charge in [0.05, 0.1) is 6.54 Å². The van der Waals surface area contributed by atoms with Crippen LogP contribution in [0.1, 0.15) is 32.4 Å².